The number of benzene rings is 1. The maximum atomic E-state index is 12.0. The van der Waals surface area contributed by atoms with Gasteiger partial charge in [0.15, 0.2) is 5.13 Å². The Kier molecular flexibility index (Phi) is 3.79. The number of pyridine rings is 1. The molecule has 0 bridgehead atoms. The van der Waals surface area contributed by atoms with Gasteiger partial charge >= 0.3 is 6.03 Å². The smallest absolute Gasteiger partial charge is 0.321 e. The lowest BCUT2D eigenvalue weighted by molar-refractivity contribution is 0.249. The Bertz CT molecular complexity index is 723. The van der Waals surface area contributed by atoms with Gasteiger partial charge < -0.3 is 5.32 Å². The quantitative estimate of drug-likeness (QED) is 0.776. The zero-order valence-electron chi connectivity index (χ0n) is 11.4. The SMILES string of the molecule is CC(NC(=O)Nc1nc2ccccc2s1)c1ccccn1. The average molecular weight is 298 g/mol. The van der Waals surface area contributed by atoms with Gasteiger partial charge in [-0.1, -0.05) is 29.5 Å². The molecule has 0 radical (unpaired) electrons. The third-order valence-corrected chi connectivity index (χ3v) is 3.95. The van der Waals surface area contributed by atoms with E-state index in [-0.39, 0.29) is 12.1 Å². The predicted molar refractivity (Wildman–Crippen MR) is 84.4 cm³/mol. The molecular formula is C15H14N4OS. The Morgan fingerprint density at radius 3 is 2.76 bits per heavy atom. The lowest BCUT2D eigenvalue weighted by Gasteiger charge is -2.12. The van der Waals surface area contributed by atoms with Crippen molar-refractivity contribution in [2.75, 3.05) is 5.32 Å². The molecule has 6 heteroatoms. The molecule has 3 rings (SSSR count). The van der Waals surface area contributed by atoms with E-state index in [0.29, 0.717) is 5.13 Å². The van der Waals surface area contributed by atoms with Crippen molar-refractivity contribution < 1.29 is 4.79 Å². The van der Waals surface area contributed by atoms with E-state index in [2.05, 4.69) is 20.6 Å². The Labute approximate surface area is 126 Å². The standard InChI is InChI=1S/C15H14N4OS/c1-10(11-6-4-5-9-16-11)17-14(20)19-15-18-12-7-2-3-8-13(12)21-15/h2-10H,1H3,(H2,17,18,19,20). The third-order valence-electron chi connectivity index (χ3n) is 2.99. The molecule has 1 aromatic carbocycles. The lowest BCUT2D eigenvalue weighted by atomic mass is 10.2. The Balaban J connectivity index is 1.66. The van der Waals surface area contributed by atoms with Gasteiger partial charge in [-0.25, -0.2) is 9.78 Å². The summed E-state index contributed by atoms with van der Waals surface area (Å²) in [5.41, 5.74) is 1.70. The molecule has 0 spiro atoms. The second kappa shape index (κ2) is 5.88. The molecule has 3 aromatic rings. The van der Waals surface area contributed by atoms with Gasteiger partial charge in [-0.2, -0.15) is 0 Å². The van der Waals surface area contributed by atoms with E-state index in [4.69, 9.17) is 0 Å². The summed E-state index contributed by atoms with van der Waals surface area (Å²) in [4.78, 5) is 20.6. The number of hydrogen-bond donors (Lipinski definition) is 2. The van der Waals surface area contributed by atoms with Crippen molar-refractivity contribution in [3.8, 4) is 0 Å². The van der Waals surface area contributed by atoms with Crippen molar-refractivity contribution in [2.24, 2.45) is 0 Å². The number of nitrogens with one attached hydrogen (secondary N) is 2. The van der Waals surface area contributed by atoms with Crippen molar-refractivity contribution in [2.45, 2.75) is 13.0 Å². The van der Waals surface area contributed by atoms with Crippen LogP contribution in [0.3, 0.4) is 0 Å². The van der Waals surface area contributed by atoms with Crippen molar-refractivity contribution >= 4 is 32.7 Å². The number of rotatable bonds is 3. The van der Waals surface area contributed by atoms with Crippen molar-refractivity contribution in [1.29, 1.82) is 0 Å². The minimum atomic E-state index is -0.285. The van der Waals surface area contributed by atoms with Gasteiger partial charge in [-0.15, -0.1) is 0 Å². The fourth-order valence-electron chi connectivity index (χ4n) is 1.96. The highest BCUT2D eigenvalue weighted by molar-refractivity contribution is 7.22. The van der Waals surface area contributed by atoms with Gasteiger partial charge in [-0.05, 0) is 31.2 Å². The molecule has 0 fully saturated rings. The van der Waals surface area contributed by atoms with E-state index in [1.54, 1.807) is 6.20 Å². The summed E-state index contributed by atoms with van der Waals surface area (Å²) in [6.07, 6.45) is 1.71. The highest BCUT2D eigenvalue weighted by Gasteiger charge is 2.12. The number of amides is 2. The molecule has 106 valence electrons. The molecule has 0 saturated carbocycles. The van der Waals surface area contributed by atoms with Gasteiger partial charge in [0, 0.05) is 6.20 Å². The van der Waals surface area contributed by atoms with Crippen LogP contribution in [-0.4, -0.2) is 16.0 Å². The van der Waals surface area contributed by atoms with Gasteiger partial charge in [0.1, 0.15) is 0 Å². The number of para-hydroxylation sites is 1. The number of thiazole rings is 1. The summed E-state index contributed by atoms with van der Waals surface area (Å²) in [5, 5.41) is 6.19. The van der Waals surface area contributed by atoms with E-state index < -0.39 is 0 Å². The van der Waals surface area contributed by atoms with Crippen LogP contribution in [0.15, 0.2) is 48.7 Å². The largest absolute Gasteiger partial charge is 0.330 e. The van der Waals surface area contributed by atoms with Gasteiger partial charge in [0.25, 0.3) is 0 Å². The molecule has 0 aliphatic rings. The first-order chi connectivity index (χ1) is 10.2. The first-order valence-corrected chi connectivity index (χ1v) is 7.38. The Morgan fingerprint density at radius 1 is 1.19 bits per heavy atom. The second-order valence-electron chi connectivity index (χ2n) is 4.56. The number of carbonyl (C=O) groups excluding carboxylic acids is 1. The van der Waals surface area contributed by atoms with E-state index in [9.17, 15) is 4.79 Å². The summed E-state index contributed by atoms with van der Waals surface area (Å²) >= 11 is 1.45. The zero-order chi connectivity index (χ0) is 14.7. The fourth-order valence-corrected chi connectivity index (χ4v) is 2.82. The fraction of sp³-hybridized carbons (Fsp3) is 0.133. The molecule has 1 unspecified atom stereocenters. The molecule has 2 amide bonds. The van der Waals surface area contributed by atoms with Gasteiger partial charge in [0.2, 0.25) is 0 Å². The molecule has 5 nitrogen and oxygen atoms in total. The summed E-state index contributed by atoms with van der Waals surface area (Å²) in [6, 6.07) is 12.9. The van der Waals surface area contributed by atoms with E-state index in [1.807, 2.05) is 49.4 Å². The summed E-state index contributed by atoms with van der Waals surface area (Å²) < 4.78 is 1.05. The number of carbonyl (C=O) groups is 1. The van der Waals surface area contributed by atoms with Gasteiger partial charge in [-0.3, -0.25) is 10.3 Å². The van der Waals surface area contributed by atoms with E-state index in [0.717, 1.165) is 15.9 Å². The number of urea groups is 1. The Morgan fingerprint density at radius 2 is 2.00 bits per heavy atom. The van der Waals surface area contributed by atoms with Crippen LogP contribution >= 0.6 is 11.3 Å². The van der Waals surface area contributed by atoms with Crippen molar-refractivity contribution in [3.63, 3.8) is 0 Å². The number of nitrogens with zero attached hydrogens (tertiary/aromatic N) is 2. The van der Waals surface area contributed by atoms with Crippen LogP contribution < -0.4 is 10.6 Å². The minimum absolute atomic E-state index is 0.166. The molecule has 0 aliphatic heterocycles. The van der Waals surface area contributed by atoms with Crippen LogP contribution in [0.5, 0.6) is 0 Å². The average Bonchev–Trinajstić information content (AvgIpc) is 2.90. The molecule has 2 N–H and O–H groups in total. The highest BCUT2D eigenvalue weighted by Crippen LogP contribution is 2.25. The maximum absolute atomic E-state index is 12.0. The summed E-state index contributed by atoms with van der Waals surface area (Å²) in [7, 11) is 0. The number of fused-ring (bicyclic) bond motifs is 1. The first kappa shape index (κ1) is 13.5. The highest BCUT2D eigenvalue weighted by atomic mass is 32.1. The molecule has 2 heterocycles. The predicted octanol–water partition coefficient (Wildman–Crippen LogP) is 3.57. The van der Waals surface area contributed by atoms with Crippen LogP contribution in [0.4, 0.5) is 9.93 Å². The number of anilines is 1. The normalized spacial score (nSPS) is 12.0. The topological polar surface area (TPSA) is 66.9 Å². The van der Waals surface area contributed by atoms with Gasteiger partial charge in [0.05, 0.1) is 22.0 Å². The maximum Gasteiger partial charge on any atom is 0.321 e. The zero-order valence-corrected chi connectivity index (χ0v) is 12.2. The van der Waals surface area contributed by atoms with E-state index in [1.165, 1.54) is 11.3 Å². The minimum Gasteiger partial charge on any atom is -0.330 e. The molecule has 0 saturated heterocycles. The molecule has 2 aromatic heterocycles. The van der Waals surface area contributed by atoms with Crippen molar-refractivity contribution in [1.82, 2.24) is 15.3 Å². The summed E-state index contributed by atoms with van der Waals surface area (Å²) in [5.74, 6) is 0. The molecule has 0 aliphatic carbocycles. The second-order valence-corrected chi connectivity index (χ2v) is 5.59. The lowest BCUT2D eigenvalue weighted by Crippen LogP contribution is -2.31. The molecule has 21 heavy (non-hydrogen) atoms. The Hall–Kier alpha value is -2.47. The third kappa shape index (κ3) is 3.17. The number of hydrogen-bond acceptors (Lipinski definition) is 4. The van der Waals surface area contributed by atoms with Crippen LogP contribution in [0, 0.1) is 0 Å². The molecular weight excluding hydrogens is 284 g/mol. The monoisotopic (exact) mass is 298 g/mol. The first-order valence-electron chi connectivity index (χ1n) is 6.56. The van der Waals surface area contributed by atoms with Crippen LogP contribution in [0.2, 0.25) is 0 Å². The van der Waals surface area contributed by atoms with Crippen molar-refractivity contribution in [3.05, 3.63) is 54.4 Å². The van der Waals surface area contributed by atoms with Crippen LogP contribution in [-0.2, 0) is 0 Å². The van der Waals surface area contributed by atoms with Crippen LogP contribution in [0.25, 0.3) is 10.2 Å². The number of aromatic nitrogens is 2. The van der Waals surface area contributed by atoms with E-state index >= 15 is 0 Å². The van der Waals surface area contributed by atoms with Crippen LogP contribution in [0.1, 0.15) is 18.7 Å². The summed E-state index contributed by atoms with van der Waals surface area (Å²) in [6.45, 7) is 1.89. The molecule has 1 atom stereocenters.